The van der Waals surface area contributed by atoms with Crippen LogP contribution in [0.3, 0.4) is 0 Å². The fourth-order valence-corrected chi connectivity index (χ4v) is 2.78. The number of nitrogens with one attached hydrogen (secondary N) is 1. The van der Waals surface area contributed by atoms with Crippen LogP contribution in [0.4, 0.5) is 0 Å². The minimum absolute atomic E-state index is 0. The van der Waals surface area contributed by atoms with Crippen LogP contribution in [0.1, 0.15) is 42.5 Å². The number of benzene rings is 2. The number of tetrazole rings is 1. The van der Waals surface area contributed by atoms with E-state index in [1.165, 1.54) is 10.4 Å². The number of nitrogens with zero attached hydrogens (tertiary/aromatic N) is 4. The molecule has 0 radical (unpaired) electrons. The van der Waals surface area contributed by atoms with Crippen LogP contribution in [0.2, 0.25) is 0 Å². The molecule has 1 atom stereocenters. The van der Waals surface area contributed by atoms with Crippen molar-refractivity contribution in [3.05, 3.63) is 65.2 Å². The average Bonchev–Trinajstić information content (AvgIpc) is 3.15. The predicted molar refractivity (Wildman–Crippen MR) is 116 cm³/mol. The van der Waals surface area contributed by atoms with Crippen molar-refractivity contribution in [1.82, 2.24) is 25.5 Å². The molecule has 0 aliphatic rings. The molecule has 0 saturated heterocycles. The number of carbonyl (C=O) groups is 1. The molecule has 0 saturated carbocycles. The topological polar surface area (TPSA) is 98.7 Å². The molecule has 2 aromatic carbocycles. The summed E-state index contributed by atoms with van der Waals surface area (Å²) in [6.07, 6.45) is 0. The monoisotopic (exact) mass is 414 g/mol. The first-order valence-corrected chi connectivity index (χ1v) is 9.39. The molecule has 3 rings (SSSR count). The summed E-state index contributed by atoms with van der Waals surface area (Å²) in [5, 5.41) is 15.1. The summed E-state index contributed by atoms with van der Waals surface area (Å²) >= 11 is 0. The zero-order valence-electron chi connectivity index (χ0n) is 16.9. The lowest BCUT2D eigenvalue weighted by molar-refractivity contribution is -0.122. The largest absolute Gasteiger partial charge is 0.353 e. The molecule has 1 heterocycles. The smallest absolute Gasteiger partial charge is 0.243 e. The van der Waals surface area contributed by atoms with Crippen LogP contribution in [-0.2, 0) is 11.3 Å². The van der Waals surface area contributed by atoms with Crippen molar-refractivity contribution in [3.8, 4) is 11.4 Å². The Morgan fingerprint density at radius 1 is 1.07 bits per heavy atom. The molecule has 0 spiro atoms. The SMILES string of the molecule is Cc1ccc(-c2nnn(CC(=O)NCC(N)c3ccc(C(C)C)cc3)n2)cc1.Cl. The highest BCUT2D eigenvalue weighted by atomic mass is 35.5. The molecule has 1 amide bonds. The van der Waals surface area contributed by atoms with Gasteiger partial charge in [-0.05, 0) is 29.2 Å². The highest BCUT2D eigenvalue weighted by molar-refractivity contribution is 5.85. The van der Waals surface area contributed by atoms with Gasteiger partial charge in [0.25, 0.3) is 0 Å². The van der Waals surface area contributed by atoms with Crippen molar-refractivity contribution in [3.63, 3.8) is 0 Å². The van der Waals surface area contributed by atoms with E-state index in [1.54, 1.807) is 0 Å². The Bertz CT molecular complexity index is 921. The maximum absolute atomic E-state index is 12.2. The van der Waals surface area contributed by atoms with Gasteiger partial charge in [-0.2, -0.15) is 4.80 Å². The van der Waals surface area contributed by atoms with E-state index in [2.05, 4.69) is 46.7 Å². The lowest BCUT2D eigenvalue weighted by Gasteiger charge is -2.14. The summed E-state index contributed by atoms with van der Waals surface area (Å²) in [6.45, 7) is 6.66. The summed E-state index contributed by atoms with van der Waals surface area (Å²) in [7, 11) is 0. The van der Waals surface area contributed by atoms with Gasteiger partial charge in [-0.1, -0.05) is 67.9 Å². The third-order valence-corrected chi connectivity index (χ3v) is 4.60. The highest BCUT2D eigenvalue weighted by Gasteiger charge is 2.12. The molecule has 0 bridgehead atoms. The summed E-state index contributed by atoms with van der Waals surface area (Å²) in [5.41, 5.74) is 10.5. The quantitative estimate of drug-likeness (QED) is 0.619. The summed E-state index contributed by atoms with van der Waals surface area (Å²) in [4.78, 5) is 13.5. The van der Waals surface area contributed by atoms with E-state index in [9.17, 15) is 4.79 Å². The molecule has 3 N–H and O–H groups in total. The fourth-order valence-electron chi connectivity index (χ4n) is 2.78. The molecule has 7 nitrogen and oxygen atoms in total. The summed E-state index contributed by atoms with van der Waals surface area (Å²) in [5.74, 6) is 0.766. The second-order valence-electron chi connectivity index (χ2n) is 7.24. The Kier molecular flexibility index (Phi) is 7.87. The van der Waals surface area contributed by atoms with Gasteiger partial charge >= 0.3 is 0 Å². The maximum Gasteiger partial charge on any atom is 0.243 e. The standard InChI is InChI=1S/C21H26N6O.ClH/c1-14(2)16-8-10-17(11-9-16)19(22)12-23-20(28)13-27-25-21(24-26-27)18-6-4-15(3)5-7-18;/h4-11,14,19H,12-13,22H2,1-3H3,(H,23,28);1H. The maximum atomic E-state index is 12.2. The van der Waals surface area contributed by atoms with E-state index >= 15 is 0 Å². The van der Waals surface area contributed by atoms with Gasteiger partial charge in [-0.15, -0.1) is 22.6 Å². The average molecular weight is 415 g/mol. The van der Waals surface area contributed by atoms with Gasteiger partial charge in [0, 0.05) is 18.2 Å². The van der Waals surface area contributed by atoms with Crippen molar-refractivity contribution in [1.29, 1.82) is 0 Å². The zero-order valence-corrected chi connectivity index (χ0v) is 17.7. The van der Waals surface area contributed by atoms with Gasteiger partial charge in [0.05, 0.1) is 0 Å². The molecule has 8 heteroatoms. The van der Waals surface area contributed by atoms with Crippen molar-refractivity contribution < 1.29 is 4.79 Å². The molecule has 29 heavy (non-hydrogen) atoms. The molecule has 0 aliphatic carbocycles. The lowest BCUT2D eigenvalue weighted by Crippen LogP contribution is -2.34. The minimum Gasteiger partial charge on any atom is -0.353 e. The van der Waals surface area contributed by atoms with E-state index in [0.29, 0.717) is 18.3 Å². The highest BCUT2D eigenvalue weighted by Crippen LogP contribution is 2.17. The zero-order chi connectivity index (χ0) is 20.1. The number of aromatic nitrogens is 4. The Morgan fingerprint density at radius 2 is 1.69 bits per heavy atom. The number of rotatable bonds is 7. The van der Waals surface area contributed by atoms with Crippen molar-refractivity contribution in [2.75, 3.05) is 6.54 Å². The first-order chi connectivity index (χ1) is 13.4. The van der Waals surface area contributed by atoms with Gasteiger partial charge in [-0.3, -0.25) is 4.79 Å². The summed E-state index contributed by atoms with van der Waals surface area (Å²) < 4.78 is 0. The molecule has 154 valence electrons. The molecule has 1 aromatic heterocycles. The summed E-state index contributed by atoms with van der Waals surface area (Å²) in [6, 6.07) is 15.7. The van der Waals surface area contributed by atoms with E-state index in [4.69, 9.17) is 5.73 Å². The van der Waals surface area contributed by atoms with Gasteiger partial charge in [0.2, 0.25) is 11.7 Å². The lowest BCUT2D eigenvalue weighted by atomic mass is 9.99. The van der Waals surface area contributed by atoms with E-state index in [0.717, 1.165) is 16.7 Å². The van der Waals surface area contributed by atoms with Crippen LogP contribution in [0, 0.1) is 6.92 Å². The number of aryl methyl sites for hydroxylation is 1. The molecule has 0 fully saturated rings. The van der Waals surface area contributed by atoms with Gasteiger partial charge < -0.3 is 11.1 Å². The Hall–Kier alpha value is -2.77. The van der Waals surface area contributed by atoms with Crippen molar-refractivity contribution in [2.24, 2.45) is 5.73 Å². The molecular weight excluding hydrogens is 388 g/mol. The Morgan fingerprint density at radius 3 is 2.31 bits per heavy atom. The fraction of sp³-hybridized carbons (Fsp3) is 0.333. The third-order valence-electron chi connectivity index (χ3n) is 4.60. The molecular formula is C21H27ClN6O. The number of nitrogens with two attached hydrogens (primary N) is 1. The molecule has 0 aliphatic heterocycles. The van der Waals surface area contributed by atoms with Gasteiger partial charge in [-0.25, -0.2) is 0 Å². The van der Waals surface area contributed by atoms with Crippen LogP contribution in [0.15, 0.2) is 48.5 Å². The van der Waals surface area contributed by atoms with Crippen LogP contribution in [0.25, 0.3) is 11.4 Å². The molecule has 1 unspecified atom stereocenters. The number of carbonyl (C=O) groups excluding carboxylic acids is 1. The Labute approximate surface area is 177 Å². The van der Waals surface area contributed by atoms with Crippen LogP contribution in [0.5, 0.6) is 0 Å². The normalized spacial score (nSPS) is 11.8. The van der Waals surface area contributed by atoms with Crippen molar-refractivity contribution in [2.45, 2.75) is 39.3 Å². The second kappa shape index (κ2) is 10.1. The van der Waals surface area contributed by atoms with E-state index < -0.39 is 0 Å². The predicted octanol–water partition coefficient (Wildman–Crippen LogP) is 3.01. The van der Waals surface area contributed by atoms with Gasteiger partial charge in [0.1, 0.15) is 6.54 Å². The number of hydrogen-bond donors (Lipinski definition) is 2. The van der Waals surface area contributed by atoms with Crippen LogP contribution < -0.4 is 11.1 Å². The molecule has 3 aromatic rings. The minimum atomic E-state index is -0.267. The first kappa shape index (κ1) is 22.5. The number of halogens is 1. The van der Waals surface area contributed by atoms with E-state index in [-0.39, 0.29) is 30.9 Å². The van der Waals surface area contributed by atoms with E-state index in [1.807, 2.05) is 43.3 Å². The first-order valence-electron chi connectivity index (χ1n) is 9.39. The van der Waals surface area contributed by atoms with Crippen LogP contribution >= 0.6 is 12.4 Å². The number of hydrogen-bond acceptors (Lipinski definition) is 5. The number of amides is 1. The van der Waals surface area contributed by atoms with Gasteiger partial charge in [0.15, 0.2) is 0 Å². The second-order valence-corrected chi connectivity index (χ2v) is 7.24. The van der Waals surface area contributed by atoms with Crippen LogP contribution in [-0.4, -0.2) is 32.7 Å². The third kappa shape index (κ3) is 6.10. The van der Waals surface area contributed by atoms with Crippen molar-refractivity contribution >= 4 is 18.3 Å². The Balaban J connectivity index is 0.00000300.